The Morgan fingerprint density at radius 3 is 2.68 bits per heavy atom. The molecule has 0 aliphatic carbocycles. The van der Waals surface area contributed by atoms with E-state index in [1.165, 1.54) is 10.8 Å². The van der Waals surface area contributed by atoms with Crippen LogP contribution in [0.1, 0.15) is 24.6 Å². The second-order valence-corrected chi connectivity index (χ2v) is 8.33. The number of ether oxygens (including phenoxy) is 1. The standard InChI is InChI=1S/C11H15N2O9P2S/c1-2-7-5-13(11(25)12-10(7)14)9-4-3-8(21-9)6-20-24(18,19)22-23(15,16)17/h1,5,8-9,15-19H,3-4,6H2/q+1/p+1. The molecule has 138 valence electrons. The lowest BCUT2D eigenvalue weighted by molar-refractivity contribution is -0.0266. The highest BCUT2D eigenvalue weighted by atomic mass is 32.1. The normalized spacial score (nSPS) is 21.3. The molecule has 0 aromatic carbocycles. The zero-order chi connectivity index (χ0) is 18.8. The average Bonchev–Trinajstić information content (AvgIpc) is 2.92. The van der Waals surface area contributed by atoms with Gasteiger partial charge in [0.2, 0.25) is 0 Å². The van der Waals surface area contributed by atoms with Crippen LogP contribution >= 0.6 is 28.6 Å². The number of hydrogen-bond donors (Lipinski definition) is 6. The van der Waals surface area contributed by atoms with E-state index in [1.807, 2.05) is 0 Å². The maximum absolute atomic E-state index is 11.6. The molecule has 0 amide bonds. The van der Waals surface area contributed by atoms with E-state index in [0.29, 0.717) is 12.8 Å². The summed E-state index contributed by atoms with van der Waals surface area (Å²) in [6, 6.07) is 0. The van der Waals surface area contributed by atoms with Gasteiger partial charge in [0, 0.05) is 6.20 Å². The number of H-pyrrole nitrogens is 1. The average molecular weight is 414 g/mol. The first-order valence-electron chi connectivity index (χ1n) is 6.76. The van der Waals surface area contributed by atoms with Gasteiger partial charge >= 0.3 is 16.3 Å². The molecule has 1 aromatic heterocycles. The lowest BCUT2D eigenvalue weighted by Crippen LogP contribution is -2.21. The molecule has 1 aromatic rings. The topological polar surface area (TPSA) is 167 Å². The van der Waals surface area contributed by atoms with Crippen molar-refractivity contribution in [3.8, 4) is 12.3 Å². The van der Waals surface area contributed by atoms with Crippen LogP contribution < -0.4 is 5.56 Å². The zero-order valence-corrected chi connectivity index (χ0v) is 15.2. The van der Waals surface area contributed by atoms with E-state index >= 15 is 0 Å². The molecule has 2 heterocycles. The van der Waals surface area contributed by atoms with Crippen molar-refractivity contribution in [2.75, 3.05) is 6.61 Å². The van der Waals surface area contributed by atoms with Crippen molar-refractivity contribution < 1.29 is 38.0 Å². The molecule has 2 unspecified atom stereocenters. The number of aromatic amines is 1. The number of hydrogen-bond acceptors (Lipinski definition) is 10. The highest BCUT2D eigenvalue weighted by Gasteiger charge is 2.58. The number of rotatable bonds is 6. The summed E-state index contributed by atoms with van der Waals surface area (Å²) >= 11 is 5.06. The van der Waals surface area contributed by atoms with Gasteiger partial charge in [0.1, 0.15) is 18.4 Å². The fourth-order valence-electron chi connectivity index (χ4n) is 2.16. The van der Waals surface area contributed by atoms with Crippen LogP contribution in [0.4, 0.5) is 0 Å². The lowest BCUT2D eigenvalue weighted by atomic mass is 10.2. The maximum atomic E-state index is 11.6. The fraction of sp³-hybridized carbons (Fsp3) is 0.455. The van der Waals surface area contributed by atoms with Crippen LogP contribution in [0.5, 0.6) is 0 Å². The van der Waals surface area contributed by atoms with E-state index < -0.39 is 34.2 Å². The molecule has 6 N–H and O–H groups in total. The fourth-order valence-corrected chi connectivity index (χ4v) is 4.12. The number of nitrogens with zero attached hydrogens (tertiary/aromatic N) is 1. The van der Waals surface area contributed by atoms with Gasteiger partial charge in [0.25, 0.3) is 5.56 Å². The Kier molecular flexibility index (Phi) is 6.43. The number of nitrogens with one attached hydrogen (secondary N) is 1. The summed E-state index contributed by atoms with van der Waals surface area (Å²) in [7, 11) is -9.48. The van der Waals surface area contributed by atoms with Gasteiger partial charge in [-0.15, -0.1) is 10.9 Å². The Labute approximate surface area is 147 Å². The van der Waals surface area contributed by atoms with Crippen molar-refractivity contribution in [2.45, 2.75) is 25.2 Å². The summed E-state index contributed by atoms with van der Waals surface area (Å²) < 4.78 is 15.8. The minimum absolute atomic E-state index is 0.0788. The van der Waals surface area contributed by atoms with Gasteiger partial charge in [-0.25, -0.2) is 0 Å². The molecule has 2 rings (SSSR count). The first-order chi connectivity index (χ1) is 11.5. The van der Waals surface area contributed by atoms with Crippen LogP contribution in [0.25, 0.3) is 0 Å². The summed E-state index contributed by atoms with van der Waals surface area (Å²) in [5.74, 6) is 2.23. The van der Waals surface area contributed by atoms with Crippen LogP contribution in [0.15, 0.2) is 11.0 Å². The van der Waals surface area contributed by atoms with Crippen molar-refractivity contribution in [3.63, 3.8) is 0 Å². The van der Waals surface area contributed by atoms with Crippen molar-refractivity contribution in [2.24, 2.45) is 0 Å². The van der Waals surface area contributed by atoms with E-state index in [1.54, 1.807) is 0 Å². The molecule has 0 bridgehead atoms. The van der Waals surface area contributed by atoms with Crippen LogP contribution in [-0.4, -0.2) is 46.7 Å². The molecule has 25 heavy (non-hydrogen) atoms. The first kappa shape index (κ1) is 20.5. The Bertz CT molecular complexity index is 781. The summed E-state index contributed by atoms with van der Waals surface area (Å²) in [6.07, 6.45) is 6.38. The predicted molar refractivity (Wildman–Crippen MR) is 88.9 cm³/mol. The Hall–Kier alpha value is -0.800. The second-order valence-electron chi connectivity index (χ2n) is 5.03. The van der Waals surface area contributed by atoms with Crippen molar-refractivity contribution >= 4 is 28.6 Å². The van der Waals surface area contributed by atoms with E-state index in [9.17, 15) is 14.6 Å². The summed E-state index contributed by atoms with van der Waals surface area (Å²) in [6.45, 7) is -0.351. The van der Waals surface area contributed by atoms with Crippen LogP contribution in [0.2, 0.25) is 0 Å². The molecule has 14 heteroatoms. The van der Waals surface area contributed by atoms with E-state index in [2.05, 4.69) is 19.7 Å². The van der Waals surface area contributed by atoms with Gasteiger partial charge < -0.3 is 4.74 Å². The number of terminal acetylenes is 1. The van der Waals surface area contributed by atoms with Gasteiger partial charge in [-0.1, -0.05) is 5.92 Å². The highest BCUT2D eigenvalue weighted by Crippen LogP contribution is 2.67. The quantitative estimate of drug-likeness (QED) is 0.210. The summed E-state index contributed by atoms with van der Waals surface area (Å²) in [5, 5.41) is 0. The van der Waals surface area contributed by atoms with Gasteiger partial charge in [0.15, 0.2) is 4.77 Å². The van der Waals surface area contributed by atoms with E-state index in [-0.39, 0.29) is 16.9 Å². The molecule has 0 spiro atoms. The third-order valence-electron chi connectivity index (χ3n) is 3.16. The molecule has 1 saturated heterocycles. The Morgan fingerprint density at radius 1 is 1.40 bits per heavy atom. The van der Waals surface area contributed by atoms with Crippen molar-refractivity contribution in [1.82, 2.24) is 9.55 Å². The molecule has 1 fully saturated rings. The molecule has 11 nitrogen and oxygen atoms in total. The SMILES string of the molecule is C#Cc1cn(C2CCC(CO[P+](O)(O)O[P+](O)(O)O)O2)c(=S)[nH]c1=O. The predicted octanol–water partition coefficient (Wildman–Crippen LogP) is -0.0853. The largest absolute Gasteiger partial charge is 0.620 e. The molecule has 0 saturated carbocycles. The van der Waals surface area contributed by atoms with Crippen LogP contribution in [0, 0.1) is 17.1 Å². The molecule has 1 aliphatic rings. The monoisotopic (exact) mass is 414 g/mol. The lowest BCUT2D eigenvalue weighted by Gasteiger charge is -2.16. The van der Waals surface area contributed by atoms with Gasteiger partial charge in [-0.05, 0) is 25.1 Å². The van der Waals surface area contributed by atoms with Crippen LogP contribution in [-0.2, 0) is 13.6 Å². The van der Waals surface area contributed by atoms with E-state index in [0.717, 1.165) is 0 Å². The zero-order valence-electron chi connectivity index (χ0n) is 12.5. The minimum Gasteiger partial charge on any atom is -0.352 e. The molecule has 1 aliphatic heterocycles. The minimum atomic E-state index is -4.87. The summed E-state index contributed by atoms with van der Waals surface area (Å²) in [5.41, 5.74) is -0.409. The van der Waals surface area contributed by atoms with Crippen molar-refractivity contribution in [3.05, 3.63) is 26.9 Å². The molecular weight excluding hydrogens is 398 g/mol. The van der Waals surface area contributed by atoms with E-state index in [4.69, 9.17) is 38.1 Å². The summed E-state index contributed by atoms with van der Waals surface area (Å²) in [4.78, 5) is 58.8. The molecule has 0 radical (unpaired) electrons. The van der Waals surface area contributed by atoms with Crippen LogP contribution in [0.3, 0.4) is 0 Å². The third kappa shape index (κ3) is 5.86. The first-order valence-corrected chi connectivity index (χ1v) is 10.3. The van der Waals surface area contributed by atoms with Crippen molar-refractivity contribution in [1.29, 1.82) is 0 Å². The van der Waals surface area contributed by atoms with Gasteiger partial charge in [0.05, 0.1) is 10.4 Å². The third-order valence-corrected chi connectivity index (χ3v) is 5.69. The van der Waals surface area contributed by atoms with Gasteiger partial charge in [-0.3, -0.25) is 14.3 Å². The maximum Gasteiger partial charge on any atom is 0.620 e. The molecular formula is C11H16N2O9P2S+2. The van der Waals surface area contributed by atoms with Gasteiger partial charge in [-0.2, -0.15) is 24.5 Å². The highest BCUT2D eigenvalue weighted by molar-refractivity contribution is 7.71. The number of aromatic nitrogens is 2. The molecule has 2 atom stereocenters. The second kappa shape index (κ2) is 7.84. The smallest absolute Gasteiger partial charge is 0.352 e. The Morgan fingerprint density at radius 2 is 2.08 bits per heavy atom. The Balaban J connectivity index is 2.00.